The van der Waals surface area contributed by atoms with E-state index in [2.05, 4.69) is 10.6 Å². The number of ether oxygens (including phenoxy) is 1. The van der Waals surface area contributed by atoms with E-state index in [1.54, 1.807) is 23.1 Å². The Morgan fingerprint density at radius 1 is 1.41 bits per heavy atom. The van der Waals surface area contributed by atoms with Gasteiger partial charge in [0.25, 0.3) is 5.91 Å². The molecule has 2 amide bonds. The molecule has 3 atom stereocenters. The van der Waals surface area contributed by atoms with Crippen LogP contribution in [0.2, 0.25) is 0 Å². The summed E-state index contributed by atoms with van der Waals surface area (Å²) >= 11 is 0. The van der Waals surface area contributed by atoms with Crippen LogP contribution in [0, 0.1) is 11.8 Å². The number of nitrogens with zero attached hydrogens (tertiary/aromatic N) is 1. The highest BCUT2D eigenvalue weighted by Crippen LogP contribution is 2.33. The molecule has 1 aliphatic carbocycles. The average Bonchev–Trinajstić information content (AvgIpc) is 3.50. The molecule has 3 rings (SSSR count). The first-order chi connectivity index (χ1) is 12.9. The van der Waals surface area contributed by atoms with Gasteiger partial charge in [-0.15, -0.1) is 0 Å². The summed E-state index contributed by atoms with van der Waals surface area (Å²) in [7, 11) is 1.87. The molecule has 1 saturated carbocycles. The SMILES string of the molecule is CNC[C@@H]1Oc2ccc(NC(=O)C3CC3)cc2C(=O)N([C@H](C)CO)C[C@@H]1C. The molecule has 7 heteroatoms. The van der Waals surface area contributed by atoms with Crippen LogP contribution in [-0.2, 0) is 4.79 Å². The number of fused-ring (bicyclic) bond motifs is 1. The zero-order valence-electron chi connectivity index (χ0n) is 16.2. The largest absolute Gasteiger partial charge is 0.488 e. The van der Waals surface area contributed by atoms with Gasteiger partial charge in [0.05, 0.1) is 18.2 Å². The quantitative estimate of drug-likeness (QED) is 0.701. The Balaban J connectivity index is 1.94. The second-order valence-corrected chi connectivity index (χ2v) is 7.65. The molecule has 2 aliphatic rings. The van der Waals surface area contributed by atoms with Gasteiger partial charge in [0.15, 0.2) is 0 Å². The van der Waals surface area contributed by atoms with Crippen molar-refractivity contribution in [1.82, 2.24) is 10.2 Å². The van der Waals surface area contributed by atoms with Gasteiger partial charge >= 0.3 is 0 Å². The highest BCUT2D eigenvalue weighted by atomic mass is 16.5. The zero-order chi connectivity index (χ0) is 19.6. The van der Waals surface area contributed by atoms with Crippen LogP contribution in [0.4, 0.5) is 5.69 Å². The molecule has 27 heavy (non-hydrogen) atoms. The molecule has 1 heterocycles. The molecule has 1 aromatic rings. The van der Waals surface area contributed by atoms with Crippen LogP contribution in [0.5, 0.6) is 5.75 Å². The number of nitrogens with one attached hydrogen (secondary N) is 2. The van der Waals surface area contributed by atoms with Crippen molar-refractivity contribution in [3.05, 3.63) is 23.8 Å². The van der Waals surface area contributed by atoms with Crippen molar-refractivity contribution in [2.24, 2.45) is 11.8 Å². The topological polar surface area (TPSA) is 90.9 Å². The van der Waals surface area contributed by atoms with Crippen molar-refractivity contribution in [3.63, 3.8) is 0 Å². The standard InChI is InChI=1S/C20H29N3O4/c1-12-10-23(13(2)11-24)20(26)16-8-15(22-19(25)14-4-5-14)6-7-17(16)27-18(12)9-21-3/h6-8,12-14,18,21,24H,4-5,9-11H2,1-3H3,(H,22,25)/t12-,13+,18-/m0/s1. The Morgan fingerprint density at radius 3 is 2.78 bits per heavy atom. The van der Waals surface area contributed by atoms with Crippen molar-refractivity contribution in [3.8, 4) is 5.75 Å². The number of anilines is 1. The van der Waals surface area contributed by atoms with Crippen LogP contribution in [0.15, 0.2) is 18.2 Å². The molecule has 0 saturated heterocycles. The lowest BCUT2D eigenvalue weighted by Crippen LogP contribution is -2.49. The molecule has 1 aromatic carbocycles. The van der Waals surface area contributed by atoms with E-state index in [1.807, 2.05) is 20.9 Å². The molecule has 7 nitrogen and oxygen atoms in total. The van der Waals surface area contributed by atoms with Gasteiger partial charge in [-0.1, -0.05) is 6.92 Å². The minimum Gasteiger partial charge on any atom is -0.488 e. The fourth-order valence-electron chi connectivity index (χ4n) is 3.33. The molecule has 3 N–H and O–H groups in total. The van der Waals surface area contributed by atoms with E-state index >= 15 is 0 Å². The molecule has 1 fully saturated rings. The maximum Gasteiger partial charge on any atom is 0.258 e. The smallest absolute Gasteiger partial charge is 0.258 e. The Hall–Kier alpha value is -2.12. The molecule has 1 aliphatic heterocycles. The number of hydrogen-bond acceptors (Lipinski definition) is 5. The number of rotatable bonds is 6. The van der Waals surface area contributed by atoms with E-state index in [9.17, 15) is 14.7 Å². The lowest BCUT2D eigenvalue weighted by Gasteiger charge is -2.37. The maximum atomic E-state index is 13.2. The molecule has 0 radical (unpaired) electrons. The summed E-state index contributed by atoms with van der Waals surface area (Å²) in [4.78, 5) is 27.0. The van der Waals surface area contributed by atoms with Crippen LogP contribution >= 0.6 is 0 Å². The van der Waals surface area contributed by atoms with Crippen LogP contribution in [0.3, 0.4) is 0 Å². The lowest BCUT2D eigenvalue weighted by molar-refractivity contribution is -0.117. The zero-order valence-corrected chi connectivity index (χ0v) is 16.2. The van der Waals surface area contributed by atoms with Gasteiger partial charge in [0.2, 0.25) is 5.91 Å². The van der Waals surface area contributed by atoms with Crippen LogP contribution in [0.1, 0.15) is 37.0 Å². The second kappa shape index (κ2) is 8.27. The number of likely N-dealkylation sites (N-methyl/N-ethyl adjacent to an activating group) is 1. The van der Waals surface area contributed by atoms with Crippen molar-refractivity contribution in [2.45, 2.75) is 38.8 Å². The van der Waals surface area contributed by atoms with Gasteiger partial charge in [-0.25, -0.2) is 0 Å². The molecular weight excluding hydrogens is 346 g/mol. The third-order valence-corrected chi connectivity index (χ3v) is 5.29. The number of carbonyl (C=O) groups is 2. The van der Waals surface area contributed by atoms with E-state index in [0.29, 0.717) is 30.1 Å². The molecule has 0 aromatic heterocycles. The summed E-state index contributed by atoms with van der Waals surface area (Å²) in [5.74, 6) is 0.496. The minimum atomic E-state index is -0.300. The number of benzene rings is 1. The summed E-state index contributed by atoms with van der Waals surface area (Å²) < 4.78 is 6.16. The predicted octanol–water partition coefficient (Wildman–Crippen LogP) is 1.47. The third-order valence-electron chi connectivity index (χ3n) is 5.29. The number of amides is 2. The van der Waals surface area contributed by atoms with Gasteiger partial charge < -0.3 is 25.4 Å². The Bertz CT molecular complexity index is 704. The van der Waals surface area contributed by atoms with E-state index in [1.165, 1.54) is 0 Å². The first-order valence-corrected chi connectivity index (χ1v) is 9.62. The highest BCUT2D eigenvalue weighted by molar-refractivity contribution is 6.00. The maximum absolute atomic E-state index is 13.2. The number of aliphatic hydroxyl groups excluding tert-OH is 1. The fourth-order valence-corrected chi connectivity index (χ4v) is 3.33. The van der Waals surface area contributed by atoms with Gasteiger partial charge in [0, 0.05) is 30.6 Å². The Morgan fingerprint density at radius 2 is 2.15 bits per heavy atom. The Kier molecular flexibility index (Phi) is 6.01. The normalized spacial score (nSPS) is 23.7. The summed E-state index contributed by atoms with van der Waals surface area (Å²) in [5, 5.41) is 15.6. The molecular formula is C20H29N3O4. The fraction of sp³-hybridized carbons (Fsp3) is 0.600. The van der Waals surface area contributed by atoms with E-state index in [4.69, 9.17) is 4.74 Å². The lowest BCUT2D eigenvalue weighted by atomic mass is 9.99. The van der Waals surface area contributed by atoms with E-state index < -0.39 is 0 Å². The number of aliphatic hydroxyl groups is 1. The highest BCUT2D eigenvalue weighted by Gasteiger charge is 2.33. The molecule has 0 unspecified atom stereocenters. The van der Waals surface area contributed by atoms with Gasteiger partial charge in [-0.2, -0.15) is 0 Å². The summed E-state index contributed by atoms with van der Waals surface area (Å²) in [6.45, 7) is 4.91. The first-order valence-electron chi connectivity index (χ1n) is 9.62. The minimum absolute atomic E-state index is 0.00331. The van der Waals surface area contributed by atoms with Gasteiger partial charge in [0.1, 0.15) is 11.9 Å². The first kappa shape index (κ1) is 19.6. The second-order valence-electron chi connectivity index (χ2n) is 7.65. The summed E-state index contributed by atoms with van der Waals surface area (Å²) in [5.41, 5.74) is 1.01. The molecule has 148 valence electrons. The van der Waals surface area contributed by atoms with Crippen molar-refractivity contribution < 1.29 is 19.4 Å². The predicted molar refractivity (Wildman–Crippen MR) is 103 cm³/mol. The van der Waals surface area contributed by atoms with Crippen LogP contribution < -0.4 is 15.4 Å². The summed E-state index contributed by atoms with van der Waals surface area (Å²) in [6, 6.07) is 4.90. The number of carbonyl (C=O) groups excluding carboxylic acids is 2. The number of hydrogen-bond donors (Lipinski definition) is 3. The van der Waals surface area contributed by atoms with Crippen molar-refractivity contribution in [2.75, 3.05) is 32.1 Å². The van der Waals surface area contributed by atoms with Crippen molar-refractivity contribution >= 4 is 17.5 Å². The van der Waals surface area contributed by atoms with E-state index in [-0.39, 0.29) is 42.4 Å². The molecule has 0 spiro atoms. The summed E-state index contributed by atoms with van der Waals surface area (Å²) in [6.07, 6.45) is 1.73. The van der Waals surface area contributed by atoms with Crippen molar-refractivity contribution in [1.29, 1.82) is 0 Å². The third kappa shape index (κ3) is 4.42. The van der Waals surface area contributed by atoms with Gasteiger partial charge in [-0.05, 0) is 45.0 Å². The van der Waals surface area contributed by atoms with Crippen LogP contribution in [-0.4, -0.2) is 60.7 Å². The van der Waals surface area contributed by atoms with E-state index in [0.717, 1.165) is 12.8 Å². The van der Waals surface area contributed by atoms with Gasteiger partial charge in [-0.3, -0.25) is 9.59 Å². The Labute approximate surface area is 160 Å². The van der Waals surface area contributed by atoms with Crippen LogP contribution in [0.25, 0.3) is 0 Å². The molecule has 0 bridgehead atoms. The monoisotopic (exact) mass is 375 g/mol. The average molecular weight is 375 g/mol.